The topological polar surface area (TPSA) is 87.8 Å². The zero-order chi connectivity index (χ0) is 16.6. The monoisotopic (exact) mass is 309 g/mol. The lowest BCUT2D eigenvalue weighted by Gasteiger charge is -2.23. The molecule has 2 N–H and O–H groups in total. The maximum atomic E-state index is 12.1. The van der Waals surface area contributed by atoms with Crippen molar-refractivity contribution < 1.29 is 23.8 Å². The lowest BCUT2D eigenvalue weighted by Crippen LogP contribution is -2.37. The molecule has 1 aromatic carbocycles. The molecule has 0 radical (unpaired) electrons. The molecule has 0 aliphatic heterocycles. The first-order valence-corrected chi connectivity index (χ1v) is 7.04. The summed E-state index contributed by atoms with van der Waals surface area (Å²) in [7, 11) is 0. The van der Waals surface area contributed by atoms with E-state index in [-0.39, 0.29) is 19.9 Å². The second-order valence-corrected chi connectivity index (χ2v) is 5.72. The van der Waals surface area contributed by atoms with Crippen molar-refractivity contribution in [2.45, 2.75) is 33.0 Å². The van der Waals surface area contributed by atoms with Crippen molar-refractivity contribution in [3.8, 4) is 0 Å². The Morgan fingerprint density at radius 3 is 2.32 bits per heavy atom. The van der Waals surface area contributed by atoms with Gasteiger partial charge in [0.2, 0.25) is 0 Å². The Morgan fingerprint density at radius 2 is 1.77 bits per heavy atom. The zero-order valence-corrected chi connectivity index (χ0v) is 13.2. The van der Waals surface area contributed by atoms with Gasteiger partial charge >= 0.3 is 11.9 Å². The number of esters is 2. The molecule has 0 aliphatic carbocycles. The lowest BCUT2D eigenvalue weighted by atomic mass is 10.1. The number of hydrogen-bond acceptors (Lipinski definition) is 6. The largest absolute Gasteiger partial charge is 0.459 e. The third-order valence-corrected chi connectivity index (χ3v) is 2.60. The van der Waals surface area contributed by atoms with Crippen LogP contribution in [0.25, 0.3) is 0 Å². The third-order valence-electron chi connectivity index (χ3n) is 2.60. The van der Waals surface area contributed by atoms with Crippen molar-refractivity contribution in [2.75, 3.05) is 13.3 Å². The van der Waals surface area contributed by atoms with E-state index in [2.05, 4.69) is 0 Å². The lowest BCUT2D eigenvalue weighted by molar-refractivity contribution is -0.172. The van der Waals surface area contributed by atoms with Gasteiger partial charge in [-0.15, -0.1) is 0 Å². The van der Waals surface area contributed by atoms with Crippen molar-refractivity contribution in [2.24, 2.45) is 11.7 Å². The van der Waals surface area contributed by atoms with Crippen molar-refractivity contribution in [1.29, 1.82) is 0 Å². The third kappa shape index (κ3) is 6.69. The van der Waals surface area contributed by atoms with Gasteiger partial charge in [-0.05, 0) is 26.3 Å². The molecule has 0 fully saturated rings. The molecule has 1 aromatic rings. The molecule has 0 unspecified atom stereocenters. The quantitative estimate of drug-likeness (QED) is 0.468. The highest BCUT2D eigenvalue weighted by Gasteiger charge is 2.32. The summed E-state index contributed by atoms with van der Waals surface area (Å²) >= 11 is 0. The number of ether oxygens (including phenoxy) is 3. The summed E-state index contributed by atoms with van der Waals surface area (Å²) in [6, 6.07) is 9.44. The van der Waals surface area contributed by atoms with Gasteiger partial charge in [-0.2, -0.15) is 0 Å². The predicted octanol–water partition coefficient (Wildman–Crippen LogP) is 1.62. The Morgan fingerprint density at radius 1 is 1.14 bits per heavy atom. The van der Waals surface area contributed by atoms with Crippen LogP contribution >= 0.6 is 0 Å². The van der Waals surface area contributed by atoms with Gasteiger partial charge in [-0.25, -0.2) is 0 Å². The van der Waals surface area contributed by atoms with Gasteiger partial charge in [0.25, 0.3) is 0 Å². The van der Waals surface area contributed by atoms with Gasteiger partial charge in [-0.1, -0.05) is 30.3 Å². The fourth-order valence-electron chi connectivity index (χ4n) is 1.66. The summed E-state index contributed by atoms with van der Waals surface area (Å²) in [6.45, 7) is 5.04. The Hall–Kier alpha value is -1.92. The van der Waals surface area contributed by atoms with Gasteiger partial charge in [0, 0.05) is 0 Å². The van der Waals surface area contributed by atoms with E-state index >= 15 is 0 Å². The molecule has 1 atom stereocenters. The second kappa shape index (κ2) is 8.51. The van der Waals surface area contributed by atoms with E-state index in [1.54, 1.807) is 20.8 Å². The summed E-state index contributed by atoms with van der Waals surface area (Å²) in [4.78, 5) is 23.9. The number of hydrogen-bond donors (Lipinski definition) is 1. The first-order chi connectivity index (χ1) is 10.3. The van der Waals surface area contributed by atoms with Crippen LogP contribution in [0.3, 0.4) is 0 Å². The molecule has 22 heavy (non-hydrogen) atoms. The van der Waals surface area contributed by atoms with Crippen LogP contribution in [-0.2, 0) is 30.4 Å². The summed E-state index contributed by atoms with van der Waals surface area (Å²) in [5.41, 5.74) is 5.42. The van der Waals surface area contributed by atoms with Crippen molar-refractivity contribution in [3.05, 3.63) is 35.9 Å². The van der Waals surface area contributed by atoms with Crippen molar-refractivity contribution >= 4 is 11.9 Å². The molecule has 0 aromatic heterocycles. The Balaban J connectivity index is 2.62. The summed E-state index contributed by atoms with van der Waals surface area (Å²) in [5, 5.41) is 0. The molecule has 0 saturated carbocycles. The van der Waals surface area contributed by atoms with Crippen LogP contribution in [0.1, 0.15) is 26.3 Å². The van der Waals surface area contributed by atoms with Gasteiger partial charge in [-0.3, -0.25) is 15.3 Å². The molecule has 1 rings (SSSR count). The molecule has 0 aliphatic rings. The Kier molecular flexibility index (Phi) is 7.01. The van der Waals surface area contributed by atoms with E-state index in [4.69, 9.17) is 19.9 Å². The number of nitrogens with two attached hydrogens (primary N) is 1. The van der Waals surface area contributed by atoms with E-state index in [1.807, 2.05) is 30.3 Å². The average molecular weight is 309 g/mol. The maximum absolute atomic E-state index is 12.1. The van der Waals surface area contributed by atoms with Gasteiger partial charge in [0.05, 0.1) is 13.2 Å². The van der Waals surface area contributed by atoms with Crippen LogP contribution in [0.4, 0.5) is 0 Å². The minimum absolute atomic E-state index is 0.122. The van der Waals surface area contributed by atoms with Crippen LogP contribution < -0.4 is 5.73 Å². The van der Waals surface area contributed by atoms with E-state index in [0.717, 1.165) is 5.56 Å². The molecular weight excluding hydrogens is 286 g/mol. The van der Waals surface area contributed by atoms with Gasteiger partial charge in [0.1, 0.15) is 12.3 Å². The van der Waals surface area contributed by atoms with E-state index in [1.165, 1.54) is 0 Å². The molecule has 6 heteroatoms. The van der Waals surface area contributed by atoms with Crippen LogP contribution in [0.15, 0.2) is 30.3 Å². The van der Waals surface area contributed by atoms with E-state index < -0.39 is 23.5 Å². The molecule has 6 nitrogen and oxygen atoms in total. The first kappa shape index (κ1) is 18.1. The van der Waals surface area contributed by atoms with Gasteiger partial charge < -0.3 is 14.2 Å². The van der Waals surface area contributed by atoms with Crippen molar-refractivity contribution in [3.63, 3.8) is 0 Å². The molecular formula is C16H23NO5. The first-order valence-electron chi connectivity index (χ1n) is 7.04. The summed E-state index contributed by atoms with van der Waals surface area (Å²) in [6.07, 6.45) is 0. The number of carbonyl (C=O) groups is 2. The molecule has 0 saturated heterocycles. The van der Waals surface area contributed by atoms with Crippen LogP contribution in [0, 0.1) is 5.92 Å². The highest BCUT2D eigenvalue weighted by molar-refractivity contribution is 5.95. The predicted molar refractivity (Wildman–Crippen MR) is 80.6 cm³/mol. The van der Waals surface area contributed by atoms with Crippen LogP contribution in [0.5, 0.6) is 0 Å². The molecule has 0 spiro atoms. The summed E-state index contributed by atoms with van der Waals surface area (Å²) in [5.74, 6) is -2.57. The highest BCUT2D eigenvalue weighted by atomic mass is 16.6. The average Bonchev–Trinajstić information content (AvgIpc) is 2.43. The highest BCUT2D eigenvalue weighted by Crippen LogP contribution is 2.14. The van der Waals surface area contributed by atoms with Crippen molar-refractivity contribution in [1.82, 2.24) is 0 Å². The fourth-order valence-corrected chi connectivity index (χ4v) is 1.66. The van der Waals surface area contributed by atoms with Crippen LogP contribution in [0.2, 0.25) is 0 Å². The van der Waals surface area contributed by atoms with Crippen LogP contribution in [-0.4, -0.2) is 30.9 Å². The van der Waals surface area contributed by atoms with E-state index in [0.29, 0.717) is 0 Å². The summed E-state index contributed by atoms with van der Waals surface area (Å²) < 4.78 is 15.4. The molecule has 0 amide bonds. The molecule has 0 heterocycles. The smallest absolute Gasteiger partial charge is 0.324 e. The minimum Gasteiger partial charge on any atom is -0.459 e. The van der Waals surface area contributed by atoms with Gasteiger partial charge in [0.15, 0.2) is 5.92 Å². The number of rotatable bonds is 7. The number of benzene rings is 1. The van der Waals surface area contributed by atoms with E-state index in [9.17, 15) is 9.59 Å². The molecule has 122 valence electrons. The standard InChI is InChI=1S/C16H23NO5/c1-16(2,3)22-15(19)13(14(18)21-11-17)10-20-9-12-7-5-4-6-8-12/h4-8,13H,9-11,17H2,1-3H3/t13-/m0/s1. The molecule has 0 bridgehead atoms. The minimum atomic E-state index is -1.15. The maximum Gasteiger partial charge on any atom is 0.324 e. The second-order valence-electron chi connectivity index (χ2n) is 5.72. The SMILES string of the molecule is CC(C)(C)OC(=O)[C@@H](COCc1ccccc1)C(=O)OCN. The zero-order valence-electron chi connectivity index (χ0n) is 13.2. The number of carbonyl (C=O) groups excluding carboxylic acids is 2. The Bertz CT molecular complexity index is 481. The fraction of sp³-hybridized carbons (Fsp3) is 0.500. The normalized spacial score (nSPS) is 12.5. The Labute approximate surface area is 130 Å².